The first-order valence-corrected chi connectivity index (χ1v) is 22.1. The zero-order valence-electron chi connectivity index (χ0n) is 31.5. The topological polar surface area (TPSA) is 91.4 Å². The van der Waals surface area contributed by atoms with Crippen LogP contribution in [0.5, 0.6) is 5.75 Å². The van der Waals surface area contributed by atoms with Gasteiger partial charge in [-0.05, 0) is 124 Å². The first-order valence-electron chi connectivity index (χ1n) is 20.2. The zero-order valence-corrected chi connectivity index (χ0v) is 33.1. The molecule has 4 aliphatic heterocycles. The number of carbonyl (C=O) groups excluding carboxylic acids is 1. The summed E-state index contributed by atoms with van der Waals surface area (Å²) in [5.74, 6) is 0.790. The Hall–Kier alpha value is -2.63. The van der Waals surface area contributed by atoms with Crippen LogP contribution < -0.4 is 14.4 Å². The summed E-state index contributed by atoms with van der Waals surface area (Å²) in [6.45, 7) is 9.18. The highest BCUT2D eigenvalue weighted by atomic mass is 35.5. The quantitative estimate of drug-likeness (QED) is 0.350. The van der Waals surface area contributed by atoms with Crippen LogP contribution in [0.25, 0.3) is 0 Å². The predicted octanol–water partition coefficient (Wildman–Crippen LogP) is 6.58. The molecule has 3 fully saturated rings. The third-order valence-corrected chi connectivity index (χ3v) is 15.9. The van der Waals surface area contributed by atoms with Crippen LogP contribution in [0.2, 0.25) is 5.02 Å². The molecule has 2 bridgehead atoms. The lowest BCUT2D eigenvalue weighted by atomic mass is 9.63. The lowest BCUT2D eigenvalue weighted by Gasteiger charge is -2.53. The highest BCUT2D eigenvalue weighted by Gasteiger charge is 2.50. The normalized spacial score (nSPS) is 34.0. The number of halogens is 1. The zero-order chi connectivity index (χ0) is 36.8. The molecule has 1 N–H and O–H groups in total. The average molecular weight is 765 g/mol. The largest absolute Gasteiger partial charge is 0.490 e. The van der Waals surface area contributed by atoms with Gasteiger partial charge in [0.05, 0.1) is 17.5 Å². The van der Waals surface area contributed by atoms with Crippen molar-refractivity contribution in [2.24, 2.45) is 11.8 Å². The van der Waals surface area contributed by atoms with Gasteiger partial charge in [-0.25, -0.2) is 13.1 Å². The Morgan fingerprint density at radius 2 is 1.91 bits per heavy atom. The molecule has 1 spiro atoms. The van der Waals surface area contributed by atoms with Crippen molar-refractivity contribution in [2.45, 2.75) is 99.9 Å². The fourth-order valence-electron chi connectivity index (χ4n) is 10.7. The third-order valence-electron chi connectivity index (χ3n) is 13.8. The van der Waals surface area contributed by atoms with E-state index in [1.165, 1.54) is 36.9 Å². The van der Waals surface area contributed by atoms with Crippen molar-refractivity contribution in [3.05, 3.63) is 70.3 Å². The van der Waals surface area contributed by atoms with E-state index in [0.29, 0.717) is 49.3 Å². The predicted molar refractivity (Wildman–Crippen MR) is 211 cm³/mol. The van der Waals surface area contributed by atoms with Crippen molar-refractivity contribution in [3.63, 3.8) is 0 Å². The van der Waals surface area contributed by atoms with Crippen LogP contribution in [-0.2, 0) is 26.6 Å². The highest BCUT2D eigenvalue weighted by Crippen LogP contribution is 2.49. The minimum absolute atomic E-state index is 0.255. The van der Waals surface area contributed by atoms with E-state index >= 15 is 0 Å². The van der Waals surface area contributed by atoms with Crippen LogP contribution in [-0.4, -0.2) is 101 Å². The molecule has 2 saturated heterocycles. The van der Waals surface area contributed by atoms with E-state index in [-0.39, 0.29) is 5.41 Å². The molecular weight excluding hydrogens is 708 g/mol. The molecule has 288 valence electrons. The van der Waals surface area contributed by atoms with Crippen LogP contribution in [0, 0.1) is 11.8 Å². The number of allylic oxidation sites excluding steroid dienone is 1. The van der Waals surface area contributed by atoms with E-state index in [1.807, 2.05) is 32.2 Å². The molecule has 0 radical (unpaired) electrons. The number of piperazine rings is 1. The summed E-state index contributed by atoms with van der Waals surface area (Å²) < 4.78 is 43.2. The Morgan fingerprint density at radius 3 is 2.72 bits per heavy atom. The van der Waals surface area contributed by atoms with Crippen LogP contribution in [0.1, 0.15) is 92.6 Å². The fraction of sp³-hybridized carbons (Fsp3) is 0.643. The first kappa shape index (κ1) is 37.3. The number of piperidine rings is 1. The second-order valence-electron chi connectivity index (χ2n) is 16.8. The Balaban J connectivity index is 1.18. The Bertz CT molecular complexity index is 1820. The Morgan fingerprint density at radius 1 is 1.02 bits per heavy atom. The molecule has 4 heterocycles. The summed E-state index contributed by atoms with van der Waals surface area (Å²) in [6.07, 6.45) is 15.0. The van der Waals surface area contributed by atoms with Gasteiger partial charge in [-0.1, -0.05) is 43.2 Å². The van der Waals surface area contributed by atoms with Crippen molar-refractivity contribution in [3.8, 4) is 5.75 Å². The number of rotatable bonds is 4. The number of aryl methyl sites for hydroxylation is 1. The van der Waals surface area contributed by atoms with Gasteiger partial charge in [0.1, 0.15) is 11.4 Å². The standard InChI is InChI=1S/C42H57ClN4O5S/c1-3-35-11-4-6-19-42(51-2,28-45-21-22-46-20-7-5-10-34(46)26-45)37-15-12-32(37)25-47-27-41(18-8-9-30-23-33(43)14-16-36(30)41)29-52-39-17-13-31(24-38(39)47)40(48)44-53(35,49)50/h6,13-14,16-17,19,23-24,32,34-35,37H,3-5,7-12,15,18,20-22,25-29H2,1-2H3,(H,44,48)/b19-6-/t32-,34+,35+,37+,41-,42-/m0/s1. The SMILES string of the molecule is CC[C@@H]1CC/C=C\[C@@](CN2CCN3CCCC[C@@H]3C2)(OC)[C@@H]2CC[C@H]2CN2C[C@@]3(CCCc4cc(Cl)ccc43)COc3ccc(cc32)C(=O)NS1(=O)=O. The average Bonchev–Trinajstić information content (AvgIpc) is 3.29. The number of hydrogen-bond acceptors (Lipinski definition) is 8. The molecule has 11 heteroatoms. The minimum Gasteiger partial charge on any atom is -0.490 e. The van der Waals surface area contributed by atoms with Crippen molar-refractivity contribution in [1.29, 1.82) is 0 Å². The fourth-order valence-corrected chi connectivity index (χ4v) is 12.3. The minimum atomic E-state index is -3.91. The number of fused-ring (bicyclic) bond motifs is 5. The summed E-state index contributed by atoms with van der Waals surface area (Å²) >= 11 is 6.51. The van der Waals surface area contributed by atoms with Gasteiger partial charge in [-0.15, -0.1) is 0 Å². The van der Waals surface area contributed by atoms with E-state index in [9.17, 15) is 13.2 Å². The summed E-state index contributed by atoms with van der Waals surface area (Å²) in [5, 5.41) is 0.0721. The van der Waals surface area contributed by atoms with Gasteiger partial charge >= 0.3 is 0 Å². The number of carbonyl (C=O) groups is 1. The Kier molecular flexibility index (Phi) is 10.6. The van der Waals surface area contributed by atoms with Crippen molar-refractivity contribution >= 4 is 33.2 Å². The number of amides is 1. The number of anilines is 1. The molecule has 0 aromatic heterocycles. The van der Waals surface area contributed by atoms with Crippen LogP contribution in [0.15, 0.2) is 48.6 Å². The number of nitrogens with zero attached hydrogens (tertiary/aromatic N) is 3. The smallest absolute Gasteiger partial charge is 0.264 e. The highest BCUT2D eigenvalue weighted by molar-refractivity contribution is 7.90. The lowest BCUT2D eigenvalue weighted by Crippen LogP contribution is -2.61. The van der Waals surface area contributed by atoms with Gasteiger partial charge < -0.3 is 14.4 Å². The molecular formula is C42H57ClN4O5S. The van der Waals surface area contributed by atoms with E-state index < -0.39 is 26.8 Å². The summed E-state index contributed by atoms with van der Waals surface area (Å²) in [4.78, 5) is 21.5. The number of ether oxygens (including phenoxy) is 2. The van der Waals surface area contributed by atoms with Gasteiger partial charge in [0.15, 0.2) is 0 Å². The van der Waals surface area contributed by atoms with Gasteiger partial charge in [0.25, 0.3) is 5.91 Å². The molecule has 9 nitrogen and oxygen atoms in total. The van der Waals surface area contributed by atoms with Crippen LogP contribution >= 0.6 is 11.6 Å². The monoisotopic (exact) mass is 764 g/mol. The number of hydrogen-bond donors (Lipinski definition) is 1. The molecule has 2 aromatic rings. The van der Waals surface area contributed by atoms with Crippen LogP contribution in [0.3, 0.4) is 0 Å². The maximum absolute atomic E-state index is 13.7. The second-order valence-corrected chi connectivity index (χ2v) is 19.2. The van der Waals surface area contributed by atoms with Gasteiger partial charge in [-0.2, -0.15) is 0 Å². The molecule has 8 rings (SSSR count). The van der Waals surface area contributed by atoms with Crippen LogP contribution in [0.4, 0.5) is 5.69 Å². The second kappa shape index (κ2) is 15.1. The van der Waals surface area contributed by atoms with Gasteiger partial charge in [0, 0.05) is 68.4 Å². The molecule has 1 amide bonds. The Labute approximate surface area is 321 Å². The number of sulfonamides is 1. The van der Waals surface area contributed by atoms with E-state index in [2.05, 4.69) is 43.7 Å². The lowest BCUT2D eigenvalue weighted by molar-refractivity contribution is -0.100. The maximum atomic E-state index is 13.7. The van der Waals surface area contributed by atoms with Crippen molar-refractivity contribution in [1.82, 2.24) is 14.5 Å². The third kappa shape index (κ3) is 7.28. The molecule has 2 aromatic carbocycles. The van der Waals surface area contributed by atoms with E-state index in [1.54, 1.807) is 6.07 Å². The molecule has 0 unspecified atom stereocenters. The molecule has 6 aliphatic rings. The van der Waals surface area contributed by atoms with Gasteiger partial charge in [0.2, 0.25) is 10.0 Å². The summed E-state index contributed by atoms with van der Waals surface area (Å²) in [5.41, 5.74) is 3.01. The molecule has 1 saturated carbocycles. The summed E-state index contributed by atoms with van der Waals surface area (Å²) in [6, 6.07) is 12.3. The van der Waals surface area contributed by atoms with E-state index in [0.717, 1.165) is 87.8 Å². The van der Waals surface area contributed by atoms with Crippen molar-refractivity contribution < 1.29 is 22.7 Å². The molecule has 53 heavy (non-hydrogen) atoms. The number of benzene rings is 2. The van der Waals surface area contributed by atoms with Crippen molar-refractivity contribution in [2.75, 3.05) is 64.4 Å². The van der Waals surface area contributed by atoms with E-state index in [4.69, 9.17) is 21.1 Å². The summed E-state index contributed by atoms with van der Waals surface area (Å²) in [7, 11) is -2.03. The number of nitrogens with one attached hydrogen (secondary N) is 1. The molecule has 2 aliphatic carbocycles. The van der Waals surface area contributed by atoms with Gasteiger partial charge in [-0.3, -0.25) is 14.6 Å². The number of methoxy groups -OCH3 is 1. The first-order chi connectivity index (χ1) is 25.6. The maximum Gasteiger partial charge on any atom is 0.264 e. The molecule has 6 atom stereocenters.